The van der Waals surface area contributed by atoms with Gasteiger partial charge in [-0.15, -0.1) is 0 Å². The van der Waals surface area contributed by atoms with Crippen molar-refractivity contribution < 1.29 is 24.2 Å². The van der Waals surface area contributed by atoms with Gasteiger partial charge in [-0.25, -0.2) is 9.78 Å². The van der Waals surface area contributed by atoms with Crippen LogP contribution < -0.4 is 14.8 Å². The van der Waals surface area contributed by atoms with E-state index in [4.69, 9.17) is 9.47 Å². The molecule has 1 aliphatic heterocycles. The highest BCUT2D eigenvalue weighted by Gasteiger charge is 2.31. The molecule has 34 heavy (non-hydrogen) atoms. The number of thiazole rings is 1. The summed E-state index contributed by atoms with van der Waals surface area (Å²) in [7, 11) is 0. The molecule has 1 aliphatic carbocycles. The molecule has 2 amide bonds. The smallest absolute Gasteiger partial charge is 0.323 e. The first-order chi connectivity index (χ1) is 16.2. The number of carboxylic acid groups (broad SMARTS) is 1. The van der Waals surface area contributed by atoms with Gasteiger partial charge in [0.25, 0.3) is 0 Å². The number of nitrogens with one attached hydrogen (secondary N) is 1. The Labute approximate surface area is 208 Å². The molecule has 8 nitrogen and oxygen atoms in total. The average molecular weight is 506 g/mol. The van der Waals surface area contributed by atoms with E-state index in [0.29, 0.717) is 24.0 Å². The SMILES string of the molecule is CC(C)(Sc1cnc(NC(=O)N(CCc2ccc3c(c2)OCO3)[C@H]2CC[C@H](C)CC2)s1)C(=O)O. The fraction of sp³-hybridized carbons (Fsp3) is 0.542. The lowest BCUT2D eigenvalue weighted by molar-refractivity contribution is -0.138. The van der Waals surface area contributed by atoms with Crippen molar-refractivity contribution in [2.45, 2.75) is 67.9 Å². The normalized spacial score (nSPS) is 19.6. The molecule has 1 fully saturated rings. The molecule has 0 radical (unpaired) electrons. The van der Waals surface area contributed by atoms with Gasteiger partial charge in [-0.1, -0.05) is 36.1 Å². The van der Waals surface area contributed by atoms with Gasteiger partial charge in [0.2, 0.25) is 6.79 Å². The van der Waals surface area contributed by atoms with E-state index in [1.54, 1.807) is 20.0 Å². The van der Waals surface area contributed by atoms with Crippen molar-refractivity contribution in [3.8, 4) is 11.5 Å². The highest BCUT2D eigenvalue weighted by Crippen LogP contribution is 2.38. The maximum Gasteiger partial charge on any atom is 0.323 e. The van der Waals surface area contributed by atoms with Crippen LogP contribution in [0.15, 0.2) is 28.6 Å². The number of carbonyl (C=O) groups excluding carboxylic acids is 1. The highest BCUT2D eigenvalue weighted by atomic mass is 32.2. The standard InChI is InChI=1S/C24H31N3O5S2/c1-15-4-7-17(8-5-15)27(11-10-16-6-9-18-19(12-16)32-14-31-18)23(30)26-22-25-13-20(33-22)34-24(2,3)21(28)29/h6,9,12-13,15,17H,4-5,7-8,10-11,14H2,1-3H3,(H,28,29)(H,25,26,30)/t15-,17-. The van der Waals surface area contributed by atoms with Crippen LogP contribution in [0, 0.1) is 5.92 Å². The monoisotopic (exact) mass is 505 g/mol. The molecule has 4 rings (SSSR count). The Morgan fingerprint density at radius 2 is 1.97 bits per heavy atom. The molecule has 2 N–H and O–H groups in total. The van der Waals surface area contributed by atoms with E-state index in [0.717, 1.165) is 47.0 Å². The fourth-order valence-electron chi connectivity index (χ4n) is 4.17. The van der Waals surface area contributed by atoms with Crippen LogP contribution in [0.2, 0.25) is 0 Å². The zero-order valence-corrected chi connectivity index (χ0v) is 21.3. The third-order valence-electron chi connectivity index (χ3n) is 6.33. The lowest BCUT2D eigenvalue weighted by atomic mass is 9.86. The molecule has 0 bridgehead atoms. The quantitative estimate of drug-likeness (QED) is 0.458. The minimum Gasteiger partial charge on any atom is -0.480 e. The van der Waals surface area contributed by atoms with Crippen molar-refractivity contribution in [1.82, 2.24) is 9.88 Å². The molecule has 1 aromatic carbocycles. The fourth-order valence-corrected chi connectivity index (χ4v) is 6.44. The molecular formula is C24H31N3O5S2. The molecule has 2 heterocycles. The molecule has 0 atom stereocenters. The van der Waals surface area contributed by atoms with Gasteiger partial charge < -0.3 is 19.5 Å². The van der Waals surface area contributed by atoms with Gasteiger partial charge in [0.05, 0.1) is 10.4 Å². The predicted octanol–water partition coefficient (Wildman–Crippen LogP) is 5.48. The van der Waals surface area contributed by atoms with Crippen molar-refractivity contribution in [1.29, 1.82) is 0 Å². The average Bonchev–Trinajstić information content (AvgIpc) is 3.43. The molecule has 2 aromatic rings. The first kappa shape index (κ1) is 24.7. The number of thioether (sulfide) groups is 1. The molecule has 0 unspecified atom stereocenters. The van der Waals surface area contributed by atoms with Crippen LogP contribution >= 0.6 is 23.1 Å². The summed E-state index contributed by atoms with van der Waals surface area (Å²) in [5.74, 6) is 1.30. The lowest BCUT2D eigenvalue weighted by Crippen LogP contribution is -2.45. The minimum absolute atomic E-state index is 0.163. The van der Waals surface area contributed by atoms with Crippen molar-refractivity contribution >= 4 is 40.2 Å². The molecule has 10 heteroatoms. The number of hydrogen-bond donors (Lipinski definition) is 2. The Balaban J connectivity index is 1.43. The van der Waals surface area contributed by atoms with Gasteiger partial charge in [0.1, 0.15) is 4.75 Å². The zero-order valence-electron chi connectivity index (χ0n) is 19.7. The predicted molar refractivity (Wildman–Crippen MR) is 133 cm³/mol. The second kappa shape index (κ2) is 10.4. The Kier molecular flexibility index (Phi) is 7.57. The van der Waals surface area contributed by atoms with Crippen molar-refractivity contribution in [3.63, 3.8) is 0 Å². The van der Waals surface area contributed by atoms with Crippen molar-refractivity contribution in [2.24, 2.45) is 5.92 Å². The van der Waals surface area contributed by atoms with E-state index in [1.807, 2.05) is 23.1 Å². The van der Waals surface area contributed by atoms with Gasteiger partial charge in [-0.05, 0) is 69.6 Å². The van der Waals surface area contributed by atoms with Crippen LogP contribution in [-0.4, -0.2) is 51.1 Å². The van der Waals surface area contributed by atoms with Crippen LogP contribution in [0.1, 0.15) is 52.0 Å². The molecule has 2 aliphatic rings. The molecule has 1 saturated carbocycles. The summed E-state index contributed by atoms with van der Waals surface area (Å²) in [5.41, 5.74) is 1.09. The van der Waals surface area contributed by atoms with E-state index in [9.17, 15) is 14.7 Å². The Morgan fingerprint density at radius 1 is 1.24 bits per heavy atom. The Morgan fingerprint density at radius 3 is 2.71 bits per heavy atom. The number of carboxylic acids is 1. The number of anilines is 1. The van der Waals surface area contributed by atoms with E-state index >= 15 is 0 Å². The van der Waals surface area contributed by atoms with Gasteiger partial charge in [0, 0.05) is 12.6 Å². The summed E-state index contributed by atoms with van der Waals surface area (Å²) in [5, 5.41) is 12.8. The number of rotatable bonds is 8. The number of hydrogen-bond acceptors (Lipinski definition) is 7. The number of amides is 2. The maximum atomic E-state index is 13.3. The highest BCUT2D eigenvalue weighted by molar-refractivity contribution is 8.03. The summed E-state index contributed by atoms with van der Waals surface area (Å²) >= 11 is 2.52. The number of ether oxygens (including phenoxy) is 2. The van der Waals surface area contributed by atoms with Gasteiger partial charge in [0.15, 0.2) is 16.6 Å². The van der Waals surface area contributed by atoms with Crippen molar-refractivity contribution in [2.75, 3.05) is 18.7 Å². The third kappa shape index (κ3) is 5.96. The van der Waals surface area contributed by atoms with E-state index in [1.165, 1.54) is 23.1 Å². The number of nitrogens with zero attached hydrogens (tertiary/aromatic N) is 2. The number of benzene rings is 1. The summed E-state index contributed by atoms with van der Waals surface area (Å²) in [6.07, 6.45) is 6.53. The zero-order chi connectivity index (χ0) is 24.3. The Bertz CT molecular complexity index is 1030. The van der Waals surface area contributed by atoms with E-state index < -0.39 is 10.7 Å². The third-order valence-corrected chi connectivity index (χ3v) is 8.53. The van der Waals surface area contributed by atoms with Gasteiger partial charge in [-0.3, -0.25) is 10.1 Å². The molecule has 0 spiro atoms. The van der Waals surface area contributed by atoms with E-state index in [-0.39, 0.29) is 18.9 Å². The topological polar surface area (TPSA) is 101 Å². The van der Waals surface area contributed by atoms with E-state index in [2.05, 4.69) is 17.2 Å². The first-order valence-electron chi connectivity index (χ1n) is 11.6. The minimum atomic E-state index is -0.969. The van der Waals surface area contributed by atoms with Crippen LogP contribution in [0.3, 0.4) is 0 Å². The number of aliphatic carboxylic acids is 1. The molecular weight excluding hydrogens is 474 g/mol. The second-order valence-corrected chi connectivity index (χ2v) is 12.3. The molecule has 1 aromatic heterocycles. The number of carbonyl (C=O) groups is 2. The van der Waals surface area contributed by atoms with Crippen LogP contribution in [0.4, 0.5) is 9.93 Å². The van der Waals surface area contributed by atoms with Gasteiger partial charge in [-0.2, -0.15) is 0 Å². The van der Waals surface area contributed by atoms with Crippen LogP contribution in [-0.2, 0) is 11.2 Å². The summed E-state index contributed by atoms with van der Waals surface area (Å²) < 4.78 is 10.7. The van der Waals surface area contributed by atoms with Gasteiger partial charge >= 0.3 is 12.0 Å². The molecule has 184 valence electrons. The first-order valence-corrected chi connectivity index (χ1v) is 13.2. The number of fused-ring (bicyclic) bond motifs is 1. The van der Waals surface area contributed by atoms with Crippen LogP contribution in [0.25, 0.3) is 0 Å². The molecule has 0 saturated heterocycles. The largest absolute Gasteiger partial charge is 0.480 e. The van der Waals surface area contributed by atoms with Crippen LogP contribution in [0.5, 0.6) is 11.5 Å². The number of aromatic nitrogens is 1. The number of urea groups is 1. The van der Waals surface area contributed by atoms with Crippen molar-refractivity contribution in [3.05, 3.63) is 30.0 Å². The summed E-state index contributed by atoms with van der Waals surface area (Å²) in [6.45, 7) is 6.40. The summed E-state index contributed by atoms with van der Waals surface area (Å²) in [4.78, 5) is 31.0. The Hall–Kier alpha value is -2.46. The lowest BCUT2D eigenvalue weighted by Gasteiger charge is -2.36. The maximum absolute atomic E-state index is 13.3. The second-order valence-electron chi connectivity index (χ2n) is 9.38. The summed E-state index contributed by atoms with van der Waals surface area (Å²) in [6, 6.07) is 5.93.